The molecule has 4 nitrogen and oxygen atoms in total. The van der Waals surface area contributed by atoms with Crippen molar-refractivity contribution in [2.45, 2.75) is 13.5 Å². The average Bonchev–Trinajstić information content (AvgIpc) is 2.58. The smallest absolute Gasteiger partial charge is 0.232 e. The Morgan fingerprint density at radius 2 is 2.22 bits per heavy atom. The molecule has 96 valence electrons. The molecule has 1 heterocycles. The number of hydrogen-bond donors (Lipinski definition) is 1. The topological polar surface area (TPSA) is 55.6 Å². The zero-order valence-electron chi connectivity index (χ0n) is 10.3. The zero-order chi connectivity index (χ0) is 13.1. The van der Waals surface area contributed by atoms with Gasteiger partial charge in [-0.2, -0.15) is 0 Å². The molecule has 0 saturated carbocycles. The van der Waals surface area contributed by atoms with Crippen LogP contribution in [0.5, 0.6) is 5.75 Å². The van der Waals surface area contributed by atoms with Gasteiger partial charge in [0, 0.05) is 12.1 Å². The normalized spacial score (nSPS) is 16.2. The maximum atomic E-state index is 12.2. The Balaban J connectivity index is 2.17. The number of benzene rings is 1. The summed E-state index contributed by atoms with van der Waals surface area (Å²) in [4.78, 5) is 14.2. The SMILES string of the molecule is CC(C(=O)N1CCOc2ccccc2C1)C(N)=S. The lowest BCUT2D eigenvalue weighted by Crippen LogP contribution is -2.40. The third kappa shape index (κ3) is 2.61. The number of rotatable bonds is 2. The van der Waals surface area contributed by atoms with Gasteiger partial charge in [-0.1, -0.05) is 30.4 Å². The highest BCUT2D eigenvalue weighted by molar-refractivity contribution is 7.80. The van der Waals surface area contributed by atoms with Crippen LogP contribution in [-0.2, 0) is 11.3 Å². The maximum Gasteiger partial charge on any atom is 0.232 e. The van der Waals surface area contributed by atoms with Gasteiger partial charge in [0.15, 0.2) is 0 Å². The summed E-state index contributed by atoms with van der Waals surface area (Å²) in [5.41, 5.74) is 6.54. The van der Waals surface area contributed by atoms with Crippen LogP contribution in [0.2, 0.25) is 0 Å². The van der Waals surface area contributed by atoms with E-state index in [4.69, 9.17) is 22.7 Å². The summed E-state index contributed by atoms with van der Waals surface area (Å²) < 4.78 is 5.61. The highest BCUT2D eigenvalue weighted by Gasteiger charge is 2.25. The van der Waals surface area contributed by atoms with E-state index in [1.807, 2.05) is 24.3 Å². The summed E-state index contributed by atoms with van der Waals surface area (Å²) in [6, 6.07) is 7.74. The molecular weight excluding hydrogens is 248 g/mol. The maximum absolute atomic E-state index is 12.2. The van der Waals surface area contributed by atoms with E-state index in [9.17, 15) is 4.79 Å². The van der Waals surface area contributed by atoms with Crippen LogP contribution in [0.15, 0.2) is 24.3 Å². The van der Waals surface area contributed by atoms with Crippen molar-refractivity contribution >= 4 is 23.1 Å². The second-order valence-corrected chi connectivity index (χ2v) is 4.81. The number of hydrogen-bond acceptors (Lipinski definition) is 3. The third-order valence-electron chi connectivity index (χ3n) is 3.06. The molecule has 0 bridgehead atoms. The van der Waals surface area contributed by atoms with Crippen molar-refractivity contribution in [1.29, 1.82) is 0 Å². The predicted molar refractivity (Wildman–Crippen MR) is 73.3 cm³/mol. The summed E-state index contributed by atoms with van der Waals surface area (Å²) in [6.45, 7) is 3.33. The van der Waals surface area contributed by atoms with Crippen LogP contribution in [0.3, 0.4) is 0 Å². The molecule has 2 N–H and O–H groups in total. The predicted octanol–water partition coefficient (Wildman–Crippen LogP) is 1.33. The fourth-order valence-corrected chi connectivity index (χ4v) is 2.01. The van der Waals surface area contributed by atoms with Gasteiger partial charge >= 0.3 is 0 Å². The van der Waals surface area contributed by atoms with Gasteiger partial charge < -0.3 is 15.4 Å². The van der Waals surface area contributed by atoms with E-state index >= 15 is 0 Å². The number of amides is 1. The molecule has 5 heteroatoms. The second-order valence-electron chi connectivity index (χ2n) is 4.34. The summed E-state index contributed by atoms with van der Waals surface area (Å²) >= 11 is 4.87. The number of para-hydroxylation sites is 1. The van der Waals surface area contributed by atoms with Gasteiger partial charge in [0.05, 0.1) is 17.5 Å². The van der Waals surface area contributed by atoms with Crippen molar-refractivity contribution in [3.63, 3.8) is 0 Å². The van der Waals surface area contributed by atoms with E-state index in [0.717, 1.165) is 11.3 Å². The highest BCUT2D eigenvalue weighted by Crippen LogP contribution is 2.23. The number of carbonyl (C=O) groups is 1. The van der Waals surface area contributed by atoms with Crippen molar-refractivity contribution in [2.24, 2.45) is 11.7 Å². The average molecular weight is 264 g/mol. The van der Waals surface area contributed by atoms with Gasteiger partial charge in [-0.15, -0.1) is 0 Å². The highest BCUT2D eigenvalue weighted by atomic mass is 32.1. The van der Waals surface area contributed by atoms with E-state index in [0.29, 0.717) is 19.7 Å². The molecule has 2 rings (SSSR count). The first kappa shape index (κ1) is 12.8. The Bertz CT molecular complexity index is 476. The largest absolute Gasteiger partial charge is 0.491 e. The summed E-state index contributed by atoms with van der Waals surface area (Å²) in [5, 5.41) is 0. The van der Waals surface area contributed by atoms with E-state index in [2.05, 4.69) is 0 Å². The van der Waals surface area contributed by atoms with Crippen LogP contribution in [0.4, 0.5) is 0 Å². The van der Waals surface area contributed by atoms with Crippen molar-refractivity contribution in [2.75, 3.05) is 13.2 Å². The Morgan fingerprint density at radius 1 is 1.50 bits per heavy atom. The fraction of sp³-hybridized carbons (Fsp3) is 0.385. The summed E-state index contributed by atoms with van der Waals surface area (Å²) in [7, 11) is 0. The molecule has 0 aliphatic carbocycles. The molecule has 1 unspecified atom stereocenters. The second kappa shape index (κ2) is 5.35. The molecule has 1 amide bonds. The van der Waals surface area contributed by atoms with Gasteiger partial charge in [0.1, 0.15) is 12.4 Å². The molecule has 1 aliphatic heterocycles. The van der Waals surface area contributed by atoms with Crippen molar-refractivity contribution in [3.05, 3.63) is 29.8 Å². The minimum Gasteiger partial charge on any atom is -0.491 e. The standard InChI is InChI=1S/C13H16N2O2S/c1-9(12(14)18)13(16)15-6-7-17-11-5-3-2-4-10(11)8-15/h2-5,9H,6-8H2,1H3,(H2,14,18). The number of fused-ring (bicyclic) bond motifs is 1. The van der Waals surface area contributed by atoms with Crippen LogP contribution in [0.1, 0.15) is 12.5 Å². The Kier molecular flexibility index (Phi) is 3.81. The molecule has 0 fully saturated rings. The van der Waals surface area contributed by atoms with Gasteiger partial charge in [0.25, 0.3) is 0 Å². The van der Waals surface area contributed by atoms with Gasteiger partial charge in [0.2, 0.25) is 5.91 Å². The van der Waals surface area contributed by atoms with E-state index < -0.39 is 5.92 Å². The van der Waals surface area contributed by atoms with Crippen LogP contribution in [0.25, 0.3) is 0 Å². The molecule has 0 saturated heterocycles. The molecular formula is C13H16N2O2S. The minimum absolute atomic E-state index is 0.0391. The molecule has 1 aromatic carbocycles. The summed E-state index contributed by atoms with van der Waals surface area (Å²) in [5.74, 6) is 0.379. The van der Waals surface area contributed by atoms with Crippen LogP contribution in [-0.4, -0.2) is 28.9 Å². The van der Waals surface area contributed by atoms with Crippen LogP contribution >= 0.6 is 12.2 Å². The molecule has 18 heavy (non-hydrogen) atoms. The van der Waals surface area contributed by atoms with Crippen molar-refractivity contribution in [3.8, 4) is 5.75 Å². The first-order chi connectivity index (χ1) is 8.59. The quantitative estimate of drug-likeness (QED) is 0.819. The molecule has 0 spiro atoms. The van der Waals surface area contributed by atoms with Gasteiger partial charge in [-0.3, -0.25) is 4.79 Å². The van der Waals surface area contributed by atoms with Crippen LogP contribution in [0, 0.1) is 5.92 Å². The lowest BCUT2D eigenvalue weighted by atomic mass is 10.1. The fourth-order valence-electron chi connectivity index (χ4n) is 1.91. The monoisotopic (exact) mass is 264 g/mol. The van der Waals surface area contributed by atoms with Gasteiger partial charge in [-0.05, 0) is 13.0 Å². The number of thiocarbonyl (C=S) groups is 1. The molecule has 0 aromatic heterocycles. The van der Waals surface area contributed by atoms with Crippen LogP contribution < -0.4 is 10.5 Å². The number of nitrogens with two attached hydrogens (primary N) is 1. The van der Waals surface area contributed by atoms with Crippen molar-refractivity contribution < 1.29 is 9.53 Å². The van der Waals surface area contributed by atoms with E-state index in [1.165, 1.54) is 0 Å². The lowest BCUT2D eigenvalue weighted by molar-refractivity contribution is -0.133. The molecule has 1 aliphatic rings. The van der Waals surface area contributed by atoms with Gasteiger partial charge in [-0.25, -0.2) is 0 Å². The molecule has 0 radical (unpaired) electrons. The minimum atomic E-state index is -0.426. The van der Waals surface area contributed by atoms with E-state index in [-0.39, 0.29) is 10.9 Å². The lowest BCUT2D eigenvalue weighted by Gasteiger charge is -2.23. The summed E-state index contributed by atoms with van der Waals surface area (Å²) in [6.07, 6.45) is 0. The van der Waals surface area contributed by atoms with E-state index in [1.54, 1.807) is 11.8 Å². The zero-order valence-corrected chi connectivity index (χ0v) is 11.1. The Morgan fingerprint density at radius 3 is 2.94 bits per heavy atom. The number of ether oxygens (including phenoxy) is 1. The number of nitrogens with zero attached hydrogens (tertiary/aromatic N) is 1. The molecule has 1 aromatic rings. The third-order valence-corrected chi connectivity index (χ3v) is 3.42. The Hall–Kier alpha value is -1.62. The molecule has 1 atom stereocenters. The Labute approximate surface area is 112 Å². The first-order valence-electron chi connectivity index (χ1n) is 5.88. The van der Waals surface area contributed by atoms with Crippen molar-refractivity contribution in [1.82, 2.24) is 4.90 Å². The first-order valence-corrected chi connectivity index (χ1v) is 6.29. The number of carbonyl (C=O) groups excluding carboxylic acids is 1.